The fourth-order valence-corrected chi connectivity index (χ4v) is 4.37. The number of aliphatic hydroxyl groups is 2. The van der Waals surface area contributed by atoms with E-state index in [1.807, 2.05) is 24.3 Å². The van der Waals surface area contributed by atoms with Crippen molar-refractivity contribution in [2.45, 2.75) is 19.1 Å². The van der Waals surface area contributed by atoms with Gasteiger partial charge in [-0.2, -0.15) is 9.61 Å². The van der Waals surface area contributed by atoms with E-state index < -0.39 is 12.7 Å². The van der Waals surface area contributed by atoms with Gasteiger partial charge in [0.2, 0.25) is 0 Å². The van der Waals surface area contributed by atoms with Crippen molar-refractivity contribution in [2.75, 3.05) is 49.8 Å². The van der Waals surface area contributed by atoms with Crippen LogP contribution in [-0.4, -0.2) is 70.9 Å². The molecule has 0 bridgehead atoms. The van der Waals surface area contributed by atoms with Gasteiger partial charge in [-0.3, -0.25) is 0 Å². The van der Waals surface area contributed by atoms with Gasteiger partial charge in [0, 0.05) is 37.0 Å². The van der Waals surface area contributed by atoms with E-state index in [0.29, 0.717) is 24.6 Å². The van der Waals surface area contributed by atoms with E-state index in [1.54, 1.807) is 17.7 Å². The van der Waals surface area contributed by atoms with Gasteiger partial charge in [-0.15, -0.1) is 0 Å². The van der Waals surface area contributed by atoms with Crippen LogP contribution in [0.3, 0.4) is 0 Å². The summed E-state index contributed by atoms with van der Waals surface area (Å²) in [6.45, 7) is 4.40. The Labute approximate surface area is 198 Å². The van der Waals surface area contributed by atoms with Gasteiger partial charge in [0.05, 0.1) is 38.7 Å². The first kappa shape index (κ1) is 22.4. The monoisotopic (exact) mass is 463 g/mol. The molecule has 0 radical (unpaired) electrons. The highest BCUT2D eigenvalue weighted by molar-refractivity contribution is 5.81. The summed E-state index contributed by atoms with van der Waals surface area (Å²) < 4.78 is 13.0. The Kier molecular flexibility index (Phi) is 6.23. The van der Waals surface area contributed by atoms with Crippen molar-refractivity contribution in [3.63, 3.8) is 0 Å². The highest BCUT2D eigenvalue weighted by atomic mass is 16.5. The molecule has 2 aliphatic rings. The molecule has 3 aromatic rings. The minimum Gasteiger partial charge on any atom is -0.496 e. The molecule has 4 heterocycles. The van der Waals surface area contributed by atoms with E-state index in [9.17, 15) is 10.2 Å². The first-order valence-electron chi connectivity index (χ1n) is 11.4. The van der Waals surface area contributed by atoms with Crippen LogP contribution in [0.2, 0.25) is 0 Å². The second kappa shape index (κ2) is 9.46. The van der Waals surface area contributed by atoms with Crippen LogP contribution in [0.1, 0.15) is 24.3 Å². The SMILES string of the molecule is COC1=CC(C)N(c2cc(N3CCOCC3)n3nc(C(O)CO)cc3n2)C=C1c1ccccc1. The highest BCUT2D eigenvalue weighted by Crippen LogP contribution is 2.34. The second-order valence-corrected chi connectivity index (χ2v) is 8.40. The molecule has 0 saturated carbocycles. The van der Waals surface area contributed by atoms with Crippen LogP contribution < -0.4 is 9.80 Å². The van der Waals surface area contributed by atoms with E-state index in [2.05, 4.69) is 46.2 Å². The summed E-state index contributed by atoms with van der Waals surface area (Å²) in [5.41, 5.74) is 3.01. The molecule has 2 aromatic heterocycles. The van der Waals surface area contributed by atoms with E-state index in [0.717, 1.165) is 41.6 Å². The minimum atomic E-state index is -1.06. The molecular formula is C25H29N5O4. The average molecular weight is 464 g/mol. The van der Waals surface area contributed by atoms with Gasteiger partial charge >= 0.3 is 0 Å². The van der Waals surface area contributed by atoms with Crippen LogP contribution in [0.15, 0.2) is 60.5 Å². The number of benzene rings is 1. The van der Waals surface area contributed by atoms with Crippen LogP contribution >= 0.6 is 0 Å². The predicted molar refractivity (Wildman–Crippen MR) is 130 cm³/mol. The fraction of sp³-hybridized carbons (Fsp3) is 0.360. The van der Waals surface area contributed by atoms with Gasteiger partial charge < -0.3 is 29.5 Å². The maximum Gasteiger partial charge on any atom is 0.160 e. The van der Waals surface area contributed by atoms with E-state index in [4.69, 9.17) is 14.5 Å². The molecule has 9 nitrogen and oxygen atoms in total. The third-order valence-corrected chi connectivity index (χ3v) is 6.20. The zero-order valence-electron chi connectivity index (χ0n) is 19.3. The fourth-order valence-electron chi connectivity index (χ4n) is 4.37. The van der Waals surface area contributed by atoms with Crippen molar-refractivity contribution in [3.8, 4) is 0 Å². The normalized spacial score (nSPS) is 19.7. The van der Waals surface area contributed by atoms with Crippen molar-refractivity contribution >= 4 is 22.9 Å². The number of morpholine rings is 1. The lowest BCUT2D eigenvalue weighted by molar-refractivity contribution is 0.0920. The molecule has 2 unspecified atom stereocenters. The van der Waals surface area contributed by atoms with Gasteiger partial charge in [-0.05, 0) is 18.6 Å². The Bertz CT molecular complexity index is 1220. The smallest absolute Gasteiger partial charge is 0.160 e. The lowest BCUT2D eigenvalue weighted by atomic mass is 10.00. The molecular weight excluding hydrogens is 434 g/mol. The summed E-state index contributed by atoms with van der Waals surface area (Å²) in [7, 11) is 1.69. The number of allylic oxidation sites excluding steroid dienone is 1. The van der Waals surface area contributed by atoms with E-state index >= 15 is 0 Å². The summed E-state index contributed by atoms with van der Waals surface area (Å²) in [6.07, 6.45) is 3.09. The van der Waals surface area contributed by atoms with Crippen LogP contribution in [0.5, 0.6) is 0 Å². The summed E-state index contributed by atoms with van der Waals surface area (Å²) in [5.74, 6) is 2.44. The number of anilines is 2. The standard InChI is InChI=1S/C25H29N5O4/c1-17-12-22(33-2)19(18-6-4-3-5-7-18)15-29(17)23-14-25(28-8-10-34-11-9-28)30-24(26-23)13-20(27-30)21(32)16-31/h3-7,12-15,17,21,31-32H,8-11,16H2,1-2H3. The number of hydrogen-bond donors (Lipinski definition) is 2. The van der Waals surface area contributed by atoms with Gasteiger partial charge in [0.1, 0.15) is 23.5 Å². The molecule has 0 amide bonds. The lowest BCUT2D eigenvalue weighted by Gasteiger charge is -2.33. The third kappa shape index (κ3) is 4.13. The highest BCUT2D eigenvalue weighted by Gasteiger charge is 2.26. The number of ether oxygens (including phenoxy) is 2. The van der Waals surface area contributed by atoms with Crippen molar-refractivity contribution in [3.05, 3.63) is 71.8 Å². The van der Waals surface area contributed by atoms with Crippen molar-refractivity contribution in [1.82, 2.24) is 14.6 Å². The summed E-state index contributed by atoms with van der Waals surface area (Å²) in [6, 6.07) is 13.9. The Hall–Kier alpha value is -3.40. The van der Waals surface area contributed by atoms with Gasteiger partial charge in [0.15, 0.2) is 5.65 Å². The molecule has 1 aromatic carbocycles. The Balaban J connectivity index is 1.63. The molecule has 5 rings (SSSR count). The number of aromatic nitrogens is 3. The van der Waals surface area contributed by atoms with E-state index in [1.165, 1.54) is 0 Å². The second-order valence-electron chi connectivity index (χ2n) is 8.40. The summed E-state index contributed by atoms with van der Waals surface area (Å²) in [5, 5.41) is 24.2. The predicted octanol–water partition coefficient (Wildman–Crippen LogP) is 2.37. The Morgan fingerprint density at radius 2 is 1.94 bits per heavy atom. The molecule has 9 heteroatoms. The molecule has 0 aliphatic carbocycles. The van der Waals surface area contributed by atoms with Crippen molar-refractivity contribution in [2.24, 2.45) is 0 Å². The largest absolute Gasteiger partial charge is 0.496 e. The Morgan fingerprint density at radius 3 is 2.65 bits per heavy atom. The average Bonchev–Trinajstić information content (AvgIpc) is 3.32. The lowest BCUT2D eigenvalue weighted by Crippen LogP contribution is -2.38. The zero-order chi connectivity index (χ0) is 23.7. The Morgan fingerprint density at radius 1 is 1.18 bits per heavy atom. The number of aliphatic hydroxyl groups excluding tert-OH is 2. The zero-order valence-corrected chi connectivity index (χ0v) is 19.3. The molecule has 1 saturated heterocycles. The molecule has 2 N–H and O–H groups in total. The number of hydrogen-bond acceptors (Lipinski definition) is 8. The van der Waals surface area contributed by atoms with Gasteiger partial charge in [-0.1, -0.05) is 30.3 Å². The van der Waals surface area contributed by atoms with Gasteiger partial charge in [0.25, 0.3) is 0 Å². The number of nitrogens with zero attached hydrogens (tertiary/aromatic N) is 5. The number of methoxy groups -OCH3 is 1. The number of fused-ring (bicyclic) bond motifs is 1. The third-order valence-electron chi connectivity index (χ3n) is 6.20. The molecule has 1 fully saturated rings. The van der Waals surface area contributed by atoms with Crippen LogP contribution in [-0.2, 0) is 9.47 Å². The topological polar surface area (TPSA) is 95.6 Å². The quantitative estimate of drug-likeness (QED) is 0.575. The maximum atomic E-state index is 10.2. The van der Waals surface area contributed by atoms with Gasteiger partial charge in [-0.25, -0.2) is 4.98 Å². The minimum absolute atomic E-state index is 0.000301. The molecule has 2 atom stereocenters. The number of rotatable bonds is 6. The van der Waals surface area contributed by atoms with Crippen LogP contribution in [0.4, 0.5) is 11.6 Å². The summed E-state index contributed by atoms with van der Waals surface area (Å²) >= 11 is 0. The first-order valence-corrected chi connectivity index (χ1v) is 11.4. The van der Waals surface area contributed by atoms with Crippen LogP contribution in [0, 0.1) is 0 Å². The van der Waals surface area contributed by atoms with Crippen LogP contribution in [0.25, 0.3) is 11.2 Å². The molecule has 34 heavy (non-hydrogen) atoms. The first-order chi connectivity index (χ1) is 16.6. The molecule has 0 spiro atoms. The molecule has 178 valence electrons. The molecule has 2 aliphatic heterocycles. The summed E-state index contributed by atoms with van der Waals surface area (Å²) in [4.78, 5) is 9.20. The van der Waals surface area contributed by atoms with Crippen molar-refractivity contribution in [1.29, 1.82) is 0 Å². The van der Waals surface area contributed by atoms with Crippen molar-refractivity contribution < 1.29 is 19.7 Å². The van der Waals surface area contributed by atoms with E-state index in [-0.39, 0.29) is 6.04 Å². The maximum absolute atomic E-state index is 10.2.